The molecule has 2 aliphatic rings. The lowest BCUT2D eigenvalue weighted by Gasteiger charge is -2.43. The summed E-state index contributed by atoms with van der Waals surface area (Å²) in [5.74, 6) is -4.15. The summed E-state index contributed by atoms with van der Waals surface area (Å²) in [7, 11) is 3.45. The average Bonchev–Trinajstić information content (AvgIpc) is 2.90. The highest BCUT2D eigenvalue weighted by molar-refractivity contribution is 5.74. The molecule has 0 bridgehead atoms. The Balaban J connectivity index is 1.74. The van der Waals surface area contributed by atoms with E-state index in [0.29, 0.717) is 51.3 Å². The van der Waals surface area contributed by atoms with Gasteiger partial charge in [-0.05, 0) is 57.6 Å². The molecule has 0 aromatic heterocycles. The van der Waals surface area contributed by atoms with Gasteiger partial charge >= 0.3 is 6.03 Å². The number of aliphatic hydroxyl groups is 1. The Morgan fingerprint density at radius 2 is 1.89 bits per heavy atom. The lowest BCUT2D eigenvalue weighted by atomic mass is 9.74. The lowest BCUT2D eigenvalue weighted by Crippen LogP contribution is -2.54. The van der Waals surface area contributed by atoms with Crippen molar-refractivity contribution in [3.8, 4) is 0 Å². The van der Waals surface area contributed by atoms with Gasteiger partial charge in [-0.3, -0.25) is 0 Å². The minimum atomic E-state index is -1.74. The molecule has 210 valence electrons. The monoisotopic (exact) mass is 527 g/mol. The van der Waals surface area contributed by atoms with Crippen LogP contribution in [-0.4, -0.2) is 62.5 Å². The number of likely N-dealkylation sites (N-methyl/N-ethyl adjacent to an activating group) is 1. The van der Waals surface area contributed by atoms with Gasteiger partial charge in [-0.2, -0.15) is 0 Å². The zero-order chi connectivity index (χ0) is 26.8. The summed E-state index contributed by atoms with van der Waals surface area (Å²) in [6.07, 6.45) is 9.54. The quantitative estimate of drug-likeness (QED) is 0.262. The molecular formula is C28H44F3N3O3. The SMILES string of the molecule is CNCC(CC1CCCCC1)NC(=O)N1CCCC(C(O)(CCCCOC)c2ccc(F)c(F)c2F)C1. The van der Waals surface area contributed by atoms with E-state index < -0.39 is 29.0 Å². The van der Waals surface area contributed by atoms with Gasteiger partial charge in [0, 0.05) is 50.9 Å². The predicted molar refractivity (Wildman–Crippen MR) is 138 cm³/mol. The molecule has 2 fully saturated rings. The van der Waals surface area contributed by atoms with E-state index in [1.165, 1.54) is 32.1 Å². The number of piperidine rings is 1. The zero-order valence-electron chi connectivity index (χ0n) is 22.3. The van der Waals surface area contributed by atoms with E-state index in [2.05, 4.69) is 10.6 Å². The molecule has 37 heavy (non-hydrogen) atoms. The van der Waals surface area contributed by atoms with E-state index in [1.54, 1.807) is 12.0 Å². The first-order chi connectivity index (χ1) is 17.8. The van der Waals surface area contributed by atoms with Crippen molar-refractivity contribution in [2.75, 3.05) is 40.4 Å². The fourth-order valence-corrected chi connectivity index (χ4v) is 6.14. The first-order valence-corrected chi connectivity index (χ1v) is 13.9. The van der Waals surface area contributed by atoms with Gasteiger partial charge in [0.15, 0.2) is 17.5 Å². The van der Waals surface area contributed by atoms with Crippen LogP contribution in [0.1, 0.15) is 76.2 Å². The first kappa shape index (κ1) is 29.7. The van der Waals surface area contributed by atoms with Gasteiger partial charge in [0.25, 0.3) is 0 Å². The number of urea groups is 1. The Morgan fingerprint density at radius 1 is 1.14 bits per heavy atom. The van der Waals surface area contributed by atoms with Crippen LogP contribution in [0.15, 0.2) is 12.1 Å². The molecule has 0 radical (unpaired) electrons. The number of benzene rings is 1. The van der Waals surface area contributed by atoms with Crippen molar-refractivity contribution >= 4 is 6.03 Å². The van der Waals surface area contributed by atoms with Crippen molar-refractivity contribution in [3.63, 3.8) is 0 Å². The topological polar surface area (TPSA) is 73.8 Å². The average molecular weight is 528 g/mol. The second-order valence-corrected chi connectivity index (χ2v) is 10.8. The third-order valence-electron chi connectivity index (χ3n) is 8.16. The number of amides is 2. The molecule has 3 atom stereocenters. The number of nitrogens with zero attached hydrogens (tertiary/aromatic N) is 1. The minimum Gasteiger partial charge on any atom is -0.385 e. The number of likely N-dealkylation sites (tertiary alicyclic amines) is 1. The molecule has 6 nitrogen and oxygen atoms in total. The normalized spacial score (nSPS) is 21.5. The second-order valence-electron chi connectivity index (χ2n) is 10.8. The Morgan fingerprint density at radius 3 is 2.59 bits per heavy atom. The van der Waals surface area contributed by atoms with Crippen LogP contribution in [0.2, 0.25) is 0 Å². The number of methoxy groups -OCH3 is 1. The van der Waals surface area contributed by atoms with Crippen molar-refractivity contribution in [1.82, 2.24) is 15.5 Å². The van der Waals surface area contributed by atoms with Crippen molar-refractivity contribution < 1.29 is 27.8 Å². The fourth-order valence-electron chi connectivity index (χ4n) is 6.14. The van der Waals surface area contributed by atoms with Crippen LogP contribution < -0.4 is 10.6 Å². The maximum atomic E-state index is 14.9. The molecule has 0 spiro atoms. The Labute approximate surface area is 219 Å². The molecule has 1 aromatic carbocycles. The smallest absolute Gasteiger partial charge is 0.317 e. The summed E-state index contributed by atoms with van der Waals surface area (Å²) in [6, 6.07) is 1.79. The van der Waals surface area contributed by atoms with Gasteiger partial charge < -0.3 is 25.4 Å². The number of halogens is 3. The van der Waals surface area contributed by atoms with Crippen LogP contribution in [0, 0.1) is 29.3 Å². The fraction of sp³-hybridized carbons (Fsp3) is 0.750. The summed E-state index contributed by atoms with van der Waals surface area (Å²) < 4.78 is 47.9. The van der Waals surface area contributed by atoms with Crippen LogP contribution in [-0.2, 0) is 10.3 Å². The van der Waals surface area contributed by atoms with Crippen LogP contribution in [0.3, 0.4) is 0 Å². The number of carbonyl (C=O) groups excluding carboxylic acids is 1. The highest BCUT2D eigenvalue weighted by Gasteiger charge is 2.43. The first-order valence-electron chi connectivity index (χ1n) is 13.9. The number of unbranched alkanes of at least 4 members (excludes halogenated alkanes) is 1. The molecule has 3 unspecified atom stereocenters. The molecule has 1 aliphatic heterocycles. The standard InChI is InChI=1S/C28H44F3N3O3/c1-32-18-22(17-20-9-4-3-5-10-20)33-27(35)34-15-8-11-21(19-34)28(36,14-6-7-16-37-2)23-12-13-24(29)26(31)25(23)30/h12-13,20-22,32,36H,3-11,14-19H2,1-2H3,(H,33,35). The van der Waals surface area contributed by atoms with Crippen molar-refractivity contribution in [2.24, 2.45) is 11.8 Å². The Hall–Kier alpha value is -1.84. The van der Waals surface area contributed by atoms with E-state index in [1.807, 2.05) is 7.05 Å². The molecule has 9 heteroatoms. The number of hydrogen-bond donors (Lipinski definition) is 3. The zero-order valence-corrected chi connectivity index (χ0v) is 22.3. The van der Waals surface area contributed by atoms with E-state index in [-0.39, 0.29) is 30.6 Å². The summed E-state index contributed by atoms with van der Waals surface area (Å²) in [5.41, 5.74) is -1.99. The van der Waals surface area contributed by atoms with Crippen molar-refractivity contribution in [3.05, 3.63) is 35.1 Å². The number of ether oxygens (including phenoxy) is 1. The number of rotatable bonds is 12. The molecule has 3 rings (SSSR count). The van der Waals surface area contributed by atoms with Crippen LogP contribution in [0.4, 0.5) is 18.0 Å². The van der Waals surface area contributed by atoms with Gasteiger partial charge in [0.2, 0.25) is 0 Å². The van der Waals surface area contributed by atoms with Gasteiger partial charge in [-0.1, -0.05) is 38.2 Å². The van der Waals surface area contributed by atoms with Crippen LogP contribution >= 0.6 is 0 Å². The van der Waals surface area contributed by atoms with Crippen molar-refractivity contribution in [2.45, 2.75) is 82.3 Å². The summed E-state index contributed by atoms with van der Waals surface area (Å²) in [4.78, 5) is 15.0. The van der Waals surface area contributed by atoms with Gasteiger partial charge in [-0.25, -0.2) is 18.0 Å². The largest absolute Gasteiger partial charge is 0.385 e. The third kappa shape index (κ3) is 7.83. The minimum absolute atomic E-state index is 0.00228. The van der Waals surface area contributed by atoms with Gasteiger partial charge in [0.05, 0.1) is 5.60 Å². The lowest BCUT2D eigenvalue weighted by molar-refractivity contribution is -0.0592. The molecule has 2 amide bonds. The number of hydrogen-bond acceptors (Lipinski definition) is 4. The van der Waals surface area contributed by atoms with E-state index in [9.17, 15) is 23.1 Å². The maximum absolute atomic E-state index is 14.9. The molecule has 1 saturated carbocycles. The van der Waals surface area contributed by atoms with E-state index in [0.717, 1.165) is 18.6 Å². The predicted octanol–water partition coefficient (Wildman–Crippen LogP) is 5.09. The molecular weight excluding hydrogens is 483 g/mol. The summed E-state index contributed by atoms with van der Waals surface area (Å²) in [5, 5.41) is 18.2. The molecule has 1 aliphatic carbocycles. The second kappa shape index (κ2) is 14.4. The van der Waals surface area contributed by atoms with Gasteiger partial charge in [-0.15, -0.1) is 0 Å². The third-order valence-corrected chi connectivity index (χ3v) is 8.16. The summed E-state index contributed by atoms with van der Waals surface area (Å²) >= 11 is 0. The molecule has 1 saturated heterocycles. The van der Waals surface area contributed by atoms with Gasteiger partial charge in [0.1, 0.15) is 0 Å². The highest BCUT2D eigenvalue weighted by Crippen LogP contribution is 2.41. The Kier molecular flexibility index (Phi) is 11.5. The number of nitrogens with one attached hydrogen (secondary N) is 2. The number of carbonyl (C=O) groups is 1. The summed E-state index contributed by atoms with van der Waals surface area (Å²) in [6.45, 7) is 1.88. The molecule has 3 N–H and O–H groups in total. The van der Waals surface area contributed by atoms with E-state index >= 15 is 0 Å². The van der Waals surface area contributed by atoms with Crippen molar-refractivity contribution in [1.29, 1.82) is 0 Å². The van der Waals surface area contributed by atoms with Crippen LogP contribution in [0.5, 0.6) is 0 Å². The maximum Gasteiger partial charge on any atom is 0.317 e. The Bertz CT molecular complexity index is 869. The highest BCUT2D eigenvalue weighted by atomic mass is 19.2. The molecule has 1 aromatic rings. The van der Waals surface area contributed by atoms with Crippen LogP contribution in [0.25, 0.3) is 0 Å². The van der Waals surface area contributed by atoms with E-state index in [4.69, 9.17) is 4.74 Å². The molecule has 1 heterocycles.